The smallest absolute Gasteiger partial charge is 0.194 e. The molecule has 150 valence electrons. The first-order valence-corrected chi connectivity index (χ1v) is 11.1. The van der Waals surface area contributed by atoms with E-state index in [1.54, 1.807) is 0 Å². The number of rotatable bonds is 5. The largest absolute Gasteiger partial charge is 0.353 e. The molecule has 1 aromatic rings. The van der Waals surface area contributed by atoms with Crippen molar-refractivity contribution in [3.8, 4) is 0 Å². The van der Waals surface area contributed by atoms with Gasteiger partial charge in [-0.2, -0.15) is 0 Å². The number of guanidine groups is 1. The first-order chi connectivity index (χ1) is 12.7. The zero-order valence-corrected chi connectivity index (χ0v) is 20.2. The van der Waals surface area contributed by atoms with E-state index in [4.69, 9.17) is 4.99 Å². The Morgan fingerprint density at radius 3 is 2.63 bits per heavy atom. The lowest BCUT2D eigenvalue weighted by Gasteiger charge is -2.24. The van der Waals surface area contributed by atoms with Gasteiger partial charge in [-0.3, -0.25) is 4.99 Å². The third kappa shape index (κ3) is 5.60. The Morgan fingerprint density at radius 2 is 1.93 bits per heavy atom. The van der Waals surface area contributed by atoms with Gasteiger partial charge in [-0.25, -0.2) is 0 Å². The van der Waals surface area contributed by atoms with Crippen molar-refractivity contribution < 1.29 is 0 Å². The lowest BCUT2D eigenvalue weighted by Crippen LogP contribution is -2.42. The zero-order chi connectivity index (χ0) is 17.9. The van der Waals surface area contributed by atoms with Gasteiger partial charge in [-0.05, 0) is 69.3 Å². The quantitative estimate of drug-likeness (QED) is 0.339. The van der Waals surface area contributed by atoms with Crippen molar-refractivity contribution in [3.05, 3.63) is 34.3 Å². The molecule has 2 saturated heterocycles. The van der Waals surface area contributed by atoms with Gasteiger partial charge in [-0.15, -0.1) is 24.0 Å². The summed E-state index contributed by atoms with van der Waals surface area (Å²) in [4.78, 5) is 9.96. The standard InChI is InChI=1S/C21H31BrN4.HI/c1-2-23-21(24-20-13-19(20)17-5-7-18(22)8-6-17)26-12-9-16(15-26)14-25-10-3-4-11-25;/h5-8,16,19-20H,2-4,9-15H2,1H3,(H,23,24);1H. The van der Waals surface area contributed by atoms with Crippen molar-refractivity contribution in [2.24, 2.45) is 10.9 Å². The normalized spacial score (nSPS) is 28.3. The molecular weight excluding hydrogens is 515 g/mol. The minimum atomic E-state index is 0. The summed E-state index contributed by atoms with van der Waals surface area (Å²) in [5, 5.41) is 3.76. The molecule has 3 atom stereocenters. The maximum Gasteiger partial charge on any atom is 0.194 e. The molecule has 0 bridgehead atoms. The third-order valence-corrected chi connectivity index (χ3v) is 6.54. The molecule has 0 spiro atoms. The van der Waals surface area contributed by atoms with Crippen molar-refractivity contribution in [2.75, 3.05) is 39.3 Å². The van der Waals surface area contributed by atoms with E-state index < -0.39 is 0 Å². The van der Waals surface area contributed by atoms with Crippen LogP contribution in [-0.2, 0) is 0 Å². The summed E-state index contributed by atoms with van der Waals surface area (Å²) in [5.41, 5.74) is 1.44. The van der Waals surface area contributed by atoms with Crippen molar-refractivity contribution in [1.82, 2.24) is 15.1 Å². The van der Waals surface area contributed by atoms with E-state index in [-0.39, 0.29) is 24.0 Å². The molecular formula is C21H32BrIN4. The molecule has 3 unspecified atom stereocenters. The highest BCUT2D eigenvalue weighted by Crippen LogP contribution is 2.41. The van der Waals surface area contributed by atoms with E-state index in [0.29, 0.717) is 12.0 Å². The van der Waals surface area contributed by atoms with Crippen LogP contribution in [0.5, 0.6) is 0 Å². The van der Waals surface area contributed by atoms with Crippen molar-refractivity contribution in [3.63, 3.8) is 0 Å². The Morgan fingerprint density at radius 1 is 1.19 bits per heavy atom. The SMILES string of the molecule is CCN=C(NC1CC1c1ccc(Br)cc1)N1CCC(CN2CCCC2)C1.I. The van der Waals surface area contributed by atoms with Crippen LogP contribution in [0.2, 0.25) is 0 Å². The number of halogens is 2. The van der Waals surface area contributed by atoms with Gasteiger partial charge in [0.25, 0.3) is 0 Å². The Kier molecular flexibility index (Phi) is 7.85. The second kappa shape index (κ2) is 9.92. The van der Waals surface area contributed by atoms with Crippen molar-refractivity contribution in [1.29, 1.82) is 0 Å². The summed E-state index contributed by atoms with van der Waals surface area (Å²) < 4.78 is 1.15. The first-order valence-electron chi connectivity index (χ1n) is 10.3. The van der Waals surface area contributed by atoms with Crippen molar-refractivity contribution in [2.45, 2.75) is 44.6 Å². The first kappa shape index (κ1) is 21.4. The fourth-order valence-electron chi connectivity index (χ4n) is 4.49. The lowest BCUT2D eigenvalue weighted by molar-refractivity contribution is 0.281. The number of benzene rings is 1. The van der Waals surface area contributed by atoms with Gasteiger partial charge in [0.15, 0.2) is 5.96 Å². The molecule has 0 radical (unpaired) electrons. The molecule has 3 aliphatic rings. The predicted octanol–water partition coefficient (Wildman–Crippen LogP) is 4.31. The van der Waals surface area contributed by atoms with Crippen LogP contribution in [-0.4, -0.2) is 61.1 Å². The average Bonchev–Trinajstić information content (AvgIpc) is 3.02. The minimum absolute atomic E-state index is 0. The van der Waals surface area contributed by atoms with Crippen molar-refractivity contribution >= 4 is 45.9 Å². The van der Waals surface area contributed by atoms with E-state index in [0.717, 1.165) is 36.0 Å². The molecule has 1 saturated carbocycles. The zero-order valence-electron chi connectivity index (χ0n) is 16.2. The van der Waals surface area contributed by atoms with Gasteiger partial charge in [0.1, 0.15) is 0 Å². The van der Waals surface area contributed by atoms with E-state index in [2.05, 4.69) is 62.2 Å². The molecule has 2 aliphatic heterocycles. The fourth-order valence-corrected chi connectivity index (χ4v) is 4.75. The van der Waals surface area contributed by atoms with E-state index in [1.807, 2.05) is 0 Å². The number of likely N-dealkylation sites (tertiary alicyclic amines) is 2. The third-order valence-electron chi connectivity index (χ3n) is 6.01. The van der Waals surface area contributed by atoms with Crippen LogP contribution in [0.3, 0.4) is 0 Å². The van der Waals surface area contributed by atoms with E-state index in [9.17, 15) is 0 Å². The Labute approximate surface area is 189 Å². The molecule has 27 heavy (non-hydrogen) atoms. The molecule has 4 rings (SSSR count). The van der Waals surface area contributed by atoms with E-state index >= 15 is 0 Å². The van der Waals surface area contributed by atoms with Gasteiger partial charge in [0.05, 0.1) is 0 Å². The Hall–Kier alpha value is -0.340. The van der Waals surface area contributed by atoms with Gasteiger partial charge < -0.3 is 15.1 Å². The molecule has 0 amide bonds. The molecule has 1 N–H and O–H groups in total. The highest BCUT2D eigenvalue weighted by atomic mass is 127. The van der Waals surface area contributed by atoms with Crippen LogP contribution >= 0.6 is 39.9 Å². The summed E-state index contributed by atoms with van der Waals surface area (Å²) >= 11 is 3.53. The Balaban J connectivity index is 0.00000210. The molecule has 2 heterocycles. The highest BCUT2D eigenvalue weighted by molar-refractivity contribution is 14.0. The maximum absolute atomic E-state index is 4.81. The van der Waals surface area contributed by atoms with Crippen LogP contribution in [0.15, 0.2) is 33.7 Å². The summed E-state index contributed by atoms with van der Waals surface area (Å²) in [6.07, 6.45) is 5.30. The molecule has 6 heteroatoms. The number of aliphatic imine (C=N–C) groups is 1. The minimum Gasteiger partial charge on any atom is -0.353 e. The van der Waals surface area contributed by atoms with Crippen LogP contribution in [0.4, 0.5) is 0 Å². The monoisotopic (exact) mass is 546 g/mol. The molecule has 4 nitrogen and oxygen atoms in total. The highest BCUT2D eigenvalue weighted by Gasteiger charge is 2.40. The van der Waals surface area contributed by atoms with Gasteiger partial charge in [-0.1, -0.05) is 28.1 Å². The predicted molar refractivity (Wildman–Crippen MR) is 127 cm³/mol. The summed E-state index contributed by atoms with van der Waals surface area (Å²) in [7, 11) is 0. The summed E-state index contributed by atoms with van der Waals surface area (Å²) in [5.74, 6) is 2.58. The van der Waals surface area contributed by atoms with Crippen LogP contribution in [0.25, 0.3) is 0 Å². The van der Waals surface area contributed by atoms with E-state index in [1.165, 1.54) is 50.9 Å². The summed E-state index contributed by atoms with van der Waals surface area (Å²) in [6, 6.07) is 9.33. The lowest BCUT2D eigenvalue weighted by atomic mass is 10.1. The molecule has 3 fully saturated rings. The molecule has 0 aromatic heterocycles. The number of nitrogens with one attached hydrogen (secondary N) is 1. The van der Waals surface area contributed by atoms with Gasteiger partial charge >= 0.3 is 0 Å². The maximum atomic E-state index is 4.81. The second-order valence-electron chi connectivity index (χ2n) is 8.05. The number of hydrogen-bond acceptors (Lipinski definition) is 2. The van der Waals surface area contributed by atoms with Gasteiger partial charge in [0.2, 0.25) is 0 Å². The van der Waals surface area contributed by atoms with Crippen LogP contribution < -0.4 is 5.32 Å². The number of hydrogen-bond donors (Lipinski definition) is 1. The number of nitrogens with zero attached hydrogens (tertiary/aromatic N) is 3. The van der Waals surface area contributed by atoms with Crippen LogP contribution in [0.1, 0.15) is 44.1 Å². The van der Waals surface area contributed by atoms with Crippen LogP contribution in [0, 0.1) is 5.92 Å². The second-order valence-corrected chi connectivity index (χ2v) is 8.97. The molecule has 1 aliphatic carbocycles. The Bertz CT molecular complexity index is 630. The van der Waals surface area contributed by atoms with Gasteiger partial charge in [0, 0.05) is 42.6 Å². The molecule has 1 aromatic carbocycles. The fraction of sp³-hybridized carbons (Fsp3) is 0.667. The average molecular weight is 547 g/mol. The topological polar surface area (TPSA) is 30.9 Å². The summed E-state index contributed by atoms with van der Waals surface area (Å²) in [6.45, 7) is 9.20.